The molecular weight excluding hydrogens is 232 g/mol. The summed E-state index contributed by atoms with van der Waals surface area (Å²) in [6, 6.07) is 1.82. The molecule has 0 amide bonds. The second kappa shape index (κ2) is 2.99. The molecule has 0 bridgehead atoms. The molecule has 2 N–H and O–H groups in total. The number of nitrogen functional groups attached to an aromatic ring is 1. The van der Waals surface area contributed by atoms with Gasteiger partial charge in [0.2, 0.25) is 0 Å². The summed E-state index contributed by atoms with van der Waals surface area (Å²) in [5, 5.41) is 4.25. The van der Waals surface area contributed by atoms with E-state index >= 15 is 0 Å². The molecule has 0 aliphatic rings. The SMILES string of the molecule is CCc1nc2c(Br)cc(N)cn2n1. The fourth-order valence-corrected chi connectivity index (χ4v) is 1.69. The van der Waals surface area contributed by atoms with Crippen LogP contribution in [-0.2, 0) is 6.42 Å². The average molecular weight is 241 g/mol. The van der Waals surface area contributed by atoms with Gasteiger partial charge in [-0.15, -0.1) is 0 Å². The van der Waals surface area contributed by atoms with E-state index in [0.717, 1.165) is 22.4 Å². The largest absolute Gasteiger partial charge is 0.397 e. The van der Waals surface area contributed by atoms with Crippen LogP contribution in [-0.4, -0.2) is 14.6 Å². The van der Waals surface area contributed by atoms with Crippen molar-refractivity contribution in [3.63, 3.8) is 0 Å². The summed E-state index contributed by atoms with van der Waals surface area (Å²) in [5.41, 5.74) is 7.14. The number of hydrogen-bond donors (Lipinski definition) is 1. The number of aryl methyl sites for hydroxylation is 1. The lowest BCUT2D eigenvalue weighted by Gasteiger charge is -1.96. The van der Waals surface area contributed by atoms with Gasteiger partial charge in [-0.2, -0.15) is 5.10 Å². The number of anilines is 1. The van der Waals surface area contributed by atoms with E-state index in [0.29, 0.717) is 5.69 Å². The van der Waals surface area contributed by atoms with Crippen LogP contribution in [0.4, 0.5) is 5.69 Å². The molecule has 0 aliphatic heterocycles. The Hall–Kier alpha value is -1.10. The molecule has 2 aromatic heterocycles. The number of rotatable bonds is 1. The molecule has 5 heteroatoms. The first-order chi connectivity index (χ1) is 6.20. The molecule has 0 saturated carbocycles. The fourth-order valence-electron chi connectivity index (χ4n) is 1.16. The maximum Gasteiger partial charge on any atom is 0.169 e. The Kier molecular flexibility index (Phi) is 1.95. The zero-order valence-electron chi connectivity index (χ0n) is 7.16. The lowest BCUT2D eigenvalue weighted by molar-refractivity contribution is 0.886. The Morgan fingerprint density at radius 1 is 1.62 bits per heavy atom. The van der Waals surface area contributed by atoms with Crippen LogP contribution in [0.3, 0.4) is 0 Å². The van der Waals surface area contributed by atoms with Crippen molar-refractivity contribution in [3.8, 4) is 0 Å². The summed E-state index contributed by atoms with van der Waals surface area (Å²) in [5.74, 6) is 0.825. The number of nitrogens with zero attached hydrogens (tertiary/aromatic N) is 3. The lowest BCUT2D eigenvalue weighted by atomic mass is 10.4. The van der Waals surface area contributed by atoms with Crippen LogP contribution < -0.4 is 5.73 Å². The van der Waals surface area contributed by atoms with E-state index in [-0.39, 0.29) is 0 Å². The summed E-state index contributed by atoms with van der Waals surface area (Å²) < 4.78 is 2.57. The summed E-state index contributed by atoms with van der Waals surface area (Å²) in [4.78, 5) is 4.32. The molecule has 0 spiro atoms. The quantitative estimate of drug-likeness (QED) is 0.825. The lowest BCUT2D eigenvalue weighted by Crippen LogP contribution is -1.93. The molecular formula is C8H9BrN4. The maximum atomic E-state index is 5.66. The molecule has 0 fully saturated rings. The van der Waals surface area contributed by atoms with Gasteiger partial charge in [-0.25, -0.2) is 9.50 Å². The first-order valence-electron chi connectivity index (χ1n) is 4.01. The number of halogens is 1. The van der Waals surface area contributed by atoms with E-state index in [9.17, 15) is 0 Å². The predicted molar refractivity (Wildman–Crippen MR) is 54.5 cm³/mol. The summed E-state index contributed by atoms with van der Waals surface area (Å²) in [6.07, 6.45) is 2.58. The van der Waals surface area contributed by atoms with E-state index in [1.54, 1.807) is 10.7 Å². The normalized spacial score (nSPS) is 10.9. The average Bonchev–Trinajstić information content (AvgIpc) is 2.47. The van der Waals surface area contributed by atoms with Crippen molar-refractivity contribution in [2.45, 2.75) is 13.3 Å². The molecule has 4 nitrogen and oxygen atoms in total. The summed E-state index contributed by atoms with van der Waals surface area (Å²) in [6.45, 7) is 2.02. The van der Waals surface area contributed by atoms with Crippen molar-refractivity contribution in [3.05, 3.63) is 22.6 Å². The molecule has 0 saturated heterocycles. The standard InChI is InChI=1S/C8H9BrN4/c1-2-7-11-8-6(9)3-5(10)4-13(8)12-7/h3-4H,2,10H2,1H3. The van der Waals surface area contributed by atoms with Crippen molar-refractivity contribution in [1.29, 1.82) is 0 Å². The molecule has 0 atom stereocenters. The summed E-state index contributed by atoms with van der Waals surface area (Å²) in [7, 11) is 0. The van der Waals surface area contributed by atoms with E-state index in [1.165, 1.54) is 0 Å². The molecule has 13 heavy (non-hydrogen) atoms. The third-order valence-electron chi connectivity index (χ3n) is 1.77. The van der Waals surface area contributed by atoms with Crippen molar-refractivity contribution in [2.75, 3.05) is 5.73 Å². The highest BCUT2D eigenvalue weighted by Gasteiger charge is 2.05. The second-order valence-electron chi connectivity index (χ2n) is 2.77. The molecule has 0 aromatic carbocycles. The van der Waals surface area contributed by atoms with E-state index in [4.69, 9.17) is 5.73 Å². The van der Waals surface area contributed by atoms with Gasteiger partial charge < -0.3 is 5.73 Å². The number of nitrogens with two attached hydrogens (primary N) is 1. The maximum absolute atomic E-state index is 5.66. The van der Waals surface area contributed by atoms with Crippen LogP contribution in [0.1, 0.15) is 12.7 Å². The van der Waals surface area contributed by atoms with Crippen LogP contribution >= 0.6 is 15.9 Å². The van der Waals surface area contributed by atoms with Gasteiger partial charge in [-0.05, 0) is 22.0 Å². The first kappa shape index (κ1) is 8.50. The van der Waals surface area contributed by atoms with Crippen LogP contribution in [0, 0.1) is 0 Å². The highest BCUT2D eigenvalue weighted by atomic mass is 79.9. The van der Waals surface area contributed by atoms with E-state index in [2.05, 4.69) is 26.0 Å². The third kappa shape index (κ3) is 1.39. The topological polar surface area (TPSA) is 56.2 Å². The predicted octanol–water partition coefficient (Wildman–Crippen LogP) is 1.64. The minimum atomic E-state index is 0.673. The Labute approximate surface area is 83.9 Å². The van der Waals surface area contributed by atoms with Gasteiger partial charge in [0.15, 0.2) is 11.5 Å². The van der Waals surface area contributed by atoms with Gasteiger partial charge in [0.05, 0.1) is 16.4 Å². The highest BCUT2D eigenvalue weighted by Crippen LogP contribution is 2.19. The molecule has 0 aliphatic carbocycles. The number of pyridine rings is 1. The van der Waals surface area contributed by atoms with Gasteiger partial charge in [0.25, 0.3) is 0 Å². The number of fused-ring (bicyclic) bond motifs is 1. The molecule has 2 rings (SSSR count). The smallest absolute Gasteiger partial charge is 0.169 e. The van der Waals surface area contributed by atoms with Crippen molar-refractivity contribution < 1.29 is 0 Å². The van der Waals surface area contributed by atoms with E-state index in [1.807, 2.05) is 13.0 Å². The van der Waals surface area contributed by atoms with Crippen LogP contribution in [0.5, 0.6) is 0 Å². The monoisotopic (exact) mass is 240 g/mol. The van der Waals surface area contributed by atoms with Gasteiger partial charge >= 0.3 is 0 Å². The summed E-state index contributed by atoms with van der Waals surface area (Å²) >= 11 is 3.39. The van der Waals surface area contributed by atoms with Gasteiger partial charge in [0, 0.05) is 6.42 Å². The van der Waals surface area contributed by atoms with Crippen LogP contribution in [0.15, 0.2) is 16.7 Å². The second-order valence-corrected chi connectivity index (χ2v) is 3.63. The Morgan fingerprint density at radius 2 is 2.38 bits per heavy atom. The van der Waals surface area contributed by atoms with Crippen molar-refractivity contribution in [2.24, 2.45) is 0 Å². The Morgan fingerprint density at radius 3 is 3.08 bits per heavy atom. The Balaban J connectivity index is 2.75. The molecule has 0 unspecified atom stereocenters. The third-order valence-corrected chi connectivity index (χ3v) is 2.35. The molecule has 0 radical (unpaired) electrons. The zero-order valence-corrected chi connectivity index (χ0v) is 8.74. The first-order valence-corrected chi connectivity index (χ1v) is 4.80. The minimum absolute atomic E-state index is 0.673. The zero-order chi connectivity index (χ0) is 9.42. The fraction of sp³-hybridized carbons (Fsp3) is 0.250. The Bertz CT molecular complexity index is 449. The molecule has 68 valence electrons. The van der Waals surface area contributed by atoms with Crippen molar-refractivity contribution >= 4 is 27.3 Å². The van der Waals surface area contributed by atoms with E-state index < -0.39 is 0 Å². The van der Waals surface area contributed by atoms with Crippen LogP contribution in [0.2, 0.25) is 0 Å². The molecule has 2 aromatic rings. The minimum Gasteiger partial charge on any atom is -0.397 e. The van der Waals surface area contributed by atoms with Gasteiger partial charge in [0.1, 0.15) is 0 Å². The van der Waals surface area contributed by atoms with Gasteiger partial charge in [-0.3, -0.25) is 0 Å². The highest BCUT2D eigenvalue weighted by molar-refractivity contribution is 9.10. The van der Waals surface area contributed by atoms with Crippen LogP contribution in [0.25, 0.3) is 5.65 Å². The van der Waals surface area contributed by atoms with Gasteiger partial charge in [-0.1, -0.05) is 6.92 Å². The van der Waals surface area contributed by atoms with Crippen molar-refractivity contribution in [1.82, 2.24) is 14.6 Å². The number of hydrogen-bond acceptors (Lipinski definition) is 3. The molecule has 2 heterocycles. The number of aromatic nitrogens is 3.